The van der Waals surface area contributed by atoms with Gasteiger partial charge in [-0.3, -0.25) is 24.2 Å². The number of nitrogens with zero attached hydrogens (tertiary/aromatic N) is 2. The molecule has 0 bridgehead atoms. The zero-order valence-corrected chi connectivity index (χ0v) is 16.8. The van der Waals surface area contributed by atoms with E-state index in [0.29, 0.717) is 24.1 Å². The summed E-state index contributed by atoms with van der Waals surface area (Å²) < 4.78 is 0. The molecule has 1 atom stereocenters. The first-order chi connectivity index (χ1) is 14.2. The quantitative estimate of drug-likeness (QED) is 0.363. The molecule has 9 nitrogen and oxygen atoms in total. The summed E-state index contributed by atoms with van der Waals surface area (Å²) in [6.45, 7) is 6.02. The van der Waals surface area contributed by atoms with E-state index in [1.54, 1.807) is 25.2 Å². The van der Waals surface area contributed by atoms with Crippen molar-refractivity contribution in [3.05, 3.63) is 60.0 Å². The molecule has 1 aliphatic heterocycles. The van der Waals surface area contributed by atoms with E-state index in [4.69, 9.17) is 11.5 Å². The molecule has 0 spiro atoms. The maximum Gasteiger partial charge on any atom is 0.313 e. The minimum absolute atomic E-state index is 0.119. The van der Waals surface area contributed by atoms with Gasteiger partial charge < -0.3 is 21.7 Å². The lowest BCUT2D eigenvalue weighted by atomic mass is 9.95. The summed E-state index contributed by atoms with van der Waals surface area (Å²) in [5, 5.41) is 2.46. The van der Waals surface area contributed by atoms with E-state index in [1.807, 2.05) is 0 Å². The number of rotatable bonds is 6. The number of carbonyl (C=O) groups is 4. The minimum atomic E-state index is -0.841. The Morgan fingerprint density at radius 3 is 2.63 bits per heavy atom. The number of hydrogen-bond acceptors (Lipinski definition) is 5. The van der Waals surface area contributed by atoms with Gasteiger partial charge in [-0.15, -0.1) is 0 Å². The fraction of sp³-hybridized carbons (Fsp3) is 0.286. The van der Waals surface area contributed by atoms with Gasteiger partial charge in [-0.2, -0.15) is 0 Å². The molecule has 0 unspecified atom stereocenters. The number of piperidine rings is 1. The topological polar surface area (TPSA) is 148 Å². The molecule has 1 saturated heterocycles. The summed E-state index contributed by atoms with van der Waals surface area (Å²) in [6.07, 6.45) is 9.82. The monoisotopic (exact) mass is 411 g/mol. The van der Waals surface area contributed by atoms with Crippen molar-refractivity contribution in [1.29, 1.82) is 0 Å². The number of hydrogen-bond donors (Lipinski definition) is 3. The number of primary amides is 2. The lowest BCUT2D eigenvalue weighted by Gasteiger charge is -2.35. The van der Waals surface area contributed by atoms with E-state index in [-0.39, 0.29) is 17.3 Å². The SMILES string of the molecule is C=C(/C=C\C=C(/C)C(N)=O)[C@@H]1CCCCN1C(=O)C(=O)Nc1cncc(C(N)=O)c1. The first-order valence-electron chi connectivity index (χ1n) is 9.41. The third-order valence-corrected chi connectivity index (χ3v) is 4.71. The van der Waals surface area contributed by atoms with Crippen LogP contribution in [0, 0.1) is 0 Å². The first-order valence-corrected chi connectivity index (χ1v) is 9.41. The highest BCUT2D eigenvalue weighted by Gasteiger charge is 2.31. The van der Waals surface area contributed by atoms with Gasteiger partial charge in [-0.1, -0.05) is 24.8 Å². The highest BCUT2D eigenvalue weighted by Crippen LogP contribution is 2.23. The maximum absolute atomic E-state index is 12.8. The Kier molecular flexibility index (Phi) is 7.62. The number of allylic oxidation sites excluding steroid dienone is 2. The van der Waals surface area contributed by atoms with Crippen molar-refractivity contribution >= 4 is 29.3 Å². The van der Waals surface area contributed by atoms with Crippen LogP contribution in [0.3, 0.4) is 0 Å². The molecule has 0 saturated carbocycles. The summed E-state index contributed by atoms with van der Waals surface area (Å²) in [5.74, 6) is -2.76. The fourth-order valence-electron chi connectivity index (χ4n) is 3.03. The van der Waals surface area contributed by atoms with Gasteiger partial charge in [0.05, 0.1) is 23.5 Å². The number of likely N-dealkylation sites (tertiary alicyclic amines) is 1. The van der Waals surface area contributed by atoms with Gasteiger partial charge in [0.2, 0.25) is 11.8 Å². The van der Waals surface area contributed by atoms with Gasteiger partial charge in [0.25, 0.3) is 0 Å². The Morgan fingerprint density at radius 2 is 1.97 bits per heavy atom. The van der Waals surface area contributed by atoms with Crippen molar-refractivity contribution in [2.75, 3.05) is 11.9 Å². The fourth-order valence-corrected chi connectivity index (χ4v) is 3.03. The van der Waals surface area contributed by atoms with E-state index in [0.717, 1.165) is 12.8 Å². The zero-order valence-electron chi connectivity index (χ0n) is 16.8. The number of carbonyl (C=O) groups excluding carboxylic acids is 4. The van der Waals surface area contributed by atoms with Gasteiger partial charge in [0, 0.05) is 18.3 Å². The lowest BCUT2D eigenvalue weighted by molar-refractivity contribution is -0.145. The number of amides is 4. The summed E-state index contributed by atoms with van der Waals surface area (Å²) in [4.78, 5) is 52.9. The van der Waals surface area contributed by atoms with Crippen molar-refractivity contribution in [2.24, 2.45) is 11.5 Å². The molecule has 0 aromatic carbocycles. The summed E-state index contributed by atoms with van der Waals surface area (Å²) in [7, 11) is 0. The molecule has 158 valence electrons. The molecule has 1 fully saturated rings. The van der Waals surface area contributed by atoms with Gasteiger partial charge in [0.1, 0.15) is 0 Å². The van der Waals surface area contributed by atoms with Crippen LogP contribution in [0.4, 0.5) is 5.69 Å². The minimum Gasteiger partial charge on any atom is -0.366 e. The number of pyridine rings is 1. The van der Waals surface area contributed by atoms with Crippen molar-refractivity contribution in [2.45, 2.75) is 32.2 Å². The van der Waals surface area contributed by atoms with Crippen LogP contribution in [0.15, 0.2) is 54.4 Å². The van der Waals surface area contributed by atoms with Crippen molar-refractivity contribution in [1.82, 2.24) is 9.88 Å². The van der Waals surface area contributed by atoms with E-state index in [1.165, 1.54) is 23.4 Å². The number of anilines is 1. The number of nitrogens with one attached hydrogen (secondary N) is 1. The van der Waals surface area contributed by atoms with Crippen LogP contribution in [0.1, 0.15) is 36.5 Å². The molecule has 4 amide bonds. The Hall–Kier alpha value is -3.75. The molecule has 1 aromatic heterocycles. The average Bonchev–Trinajstić information content (AvgIpc) is 2.73. The van der Waals surface area contributed by atoms with Gasteiger partial charge in [-0.25, -0.2) is 0 Å². The Bertz CT molecular complexity index is 935. The molecular formula is C21H25N5O4. The third-order valence-electron chi connectivity index (χ3n) is 4.71. The van der Waals surface area contributed by atoms with Gasteiger partial charge in [0.15, 0.2) is 0 Å². The number of nitrogens with two attached hydrogens (primary N) is 2. The third kappa shape index (κ3) is 5.87. The largest absolute Gasteiger partial charge is 0.366 e. The van der Waals surface area contributed by atoms with Crippen molar-refractivity contribution in [3.8, 4) is 0 Å². The van der Waals surface area contributed by atoms with Crippen LogP contribution in [0.5, 0.6) is 0 Å². The number of aromatic nitrogens is 1. The molecule has 30 heavy (non-hydrogen) atoms. The van der Waals surface area contributed by atoms with Crippen LogP contribution in [-0.2, 0) is 14.4 Å². The highest BCUT2D eigenvalue weighted by molar-refractivity contribution is 6.39. The van der Waals surface area contributed by atoms with E-state index >= 15 is 0 Å². The molecular weight excluding hydrogens is 386 g/mol. The predicted octanol–water partition coefficient (Wildman–Crippen LogP) is 1.04. The molecule has 0 radical (unpaired) electrons. The Labute approximate surface area is 174 Å². The van der Waals surface area contributed by atoms with Crippen LogP contribution in [-0.4, -0.2) is 46.1 Å². The van der Waals surface area contributed by atoms with E-state index in [2.05, 4.69) is 16.9 Å². The Morgan fingerprint density at radius 1 is 1.23 bits per heavy atom. The molecule has 5 N–H and O–H groups in total. The standard InChI is InChI=1S/C21H25N5O4/c1-13(6-5-7-14(2)18(22)27)17-8-3-4-9-26(17)21(30)20(29)25-16-10-15(19(23)28)11-24-12-16/h5-7,10-12,17H,1,3-4,8-9H2,2H3,(H2,22,27)(H2,23,28)(H,25,29)/b6-5-,14-7+/t17-/m0/s1. The van der Waals surface area contributed by atoms with E-state index in [9.17, 15) is 19.2 Å². The Balaban J connectivity index is 2.11. The molecule has 9 heteroatoms. The zero-order chi connectivity index (χ0) is 22.3. The van der Waals surface area contributed by atoms with E-state index < -0.39 is 23.6 Å². The maximum atomic E-state index is 12.8. The molecule has 2 rings (SSSR count). The lowest BCUT2D eigenvalue weighted by Crippen LogP contribution is -2.48. The summed E-state index contributed by atoms with van der Waals surface area (Å²) in [5.41, 5.74) is 11.7. The molecule has 0 aliphatic carbocycles. The second kappa shape index (κ2) is 10.1. The average molecular weight is 411 g/mol. The highest BCUT2D eigenvalue weighted by atomic mass is 16.2. The molecule has 2 heterocycles. The van der Waals surface area contributed by atoms with Crippen LogP contribution in [0.25, 0.3) is 0 Å². The molecule has 1 aromatic rings. The smallest absolute Gasteiger partial charge is 0.313 e. The second-order valence-electron chi connectivity index (χ2n) is 6.94. The van der Waals surface area contributed by atoms with Crippen LogP contribution >= 0.6 is 0 Å². The van der Waals surface area contributed by atoms with Gasteiger partial charge >= 0.3 is 11.8 Å². The summed E-state index contributed by atoms with van der Waals surface area (Å²) >= 11 is 0. The van der Waals surface area contributed by atoms with Crippen LogP contribution in [0.2, 0.25) is 0 Å². The second-order valence-corrected chi connectivity index (χ2v) is 6.94. The summed E-state index contributed by atoms with van der Waals surface area (Å²) in [6, 6.07) is 1.01. The van der Waals surface area contributed by atoms with Crippen molar-refractivity contribution in [3.63, 3.8) is 0 Å². The molecule has 1 aliphatic rings. The normalized spacial score (nSPS) is 16.9. The predicted molar refractivity (Wildman–Crippen MR) is 112 cm³/mol. The first kappa shape index (κ1) is 22.5. The van der Waals surface area contributed by atoms with Crippen LogP contribution < -0.4 is 16.8 Å². The van der Waals surface area contributed by atoms with Crippen molar-refractivity contribution < 1.29 is 19.2 Å². The van der Waals surface area contributed by atoms with Gasteiger partial charge in [-0.05, 0) is 37.8 Å².